The Morgan fingerprint density at radius 2 is 1.36 bits per heavy atom. The minimum absolute atomic E-state index is 0.190. The summed E-state index contributed by atoms with van der Waals surface area (Å²) in [4.78, 5) is 0. The molecular formula is C37H26O4S. The molecule has 5 heteroatoms. The van der Waals surface area contributed by atoms with Gasteiger partial charge in [-0.15, -0.1) is 0 Å². The molecule has 2 aliphatic rings. The molecule has 0 aliphatic carbocycles. The Morgan fingerprint density at radius 1 is 0.667 bits per heavy atom. The normalized spacial score (nSPS) is 17.0. The average Bonchev–Trinajstić information content (AvgIpc) is 3.80. The zero-order valence-electron chi connectivity index (χ0n) is 22.6. The van der Waals surface area contributed by atoms with Crippen molar-refractivity contribution in [2.45, 2.75) is 12.0 Å². The number of ether oxygens (including phenoxy) is 3. The maximum Gasteiger partial charge on any atom is 0.231 e. The summed E-state index contributed by atoms with van der Waals surface area (Å²) in [6.45, 7) is 0.194. The van der Waals surface area contributed by atoms with Crippen molar-refractivity contribution in [1.82, 2.24) is 0 Å². The van der Waals surface area contributed by atoms with Crippen molar-refractivity contribution in [3.8, 4) is 39.9 Å². The van der Waals surface area contributed by atoms with Crippen molar-refractivity contribution < 1.29 is 18.6 Å². The van der Waals surface area contributed by atoms with Gasteiger partial charge in [-0.2, -0.15) is 11.3 Å². The summed E-state index contributed by atoms with van der Waals surface area (Å²) < 4.78 is 25.6. The lowest BCUT2D eigenvalue weighted by Crippen LogP contribution is -2.10. The maximum absolute atomic E-state index is 7.04. The summed E-state index contributed by atoms with van der Waals surface area (Å²) >= 11 is 1.65. The Hall–Kier alpha value is -5.00. The molecule has 0 saturated carbocycles. The van der Waals surface area contributed by atoms with E-state index in [1.807, 2.05) is 24.3 Å². The molecule has 2 aliphatic heterocycles. The maximum atomic E-state index is 7.04. The zero-order valence-corrected chi connectivity index (χ0v) is 23.4. The summed E-state index contributed by atoms with van der Waals surface area (Å²) in [5, 5.41) is 4.22. The van der Waals surface area contributed by atoms with Crippen LogP contribution in [0.1, 0.15) is 39.8 Å². The number of fused-ring (bicyclic) bond motifs is 3. The summed E-state index contributed by atoms with van der Waals surface area (Å²) in [5.41, 5.74) is 7.33. The highest BCUT2D eigenvalue weighted by Gasteiger charge is 2.39. The lowest BCUT2D eigenvalue weighted by molar-refractivity contribution is 0.173. The molecule has 2 atom stereocenters. The fraction of sp³-hybridized carbons (Fsp3) is 0.0811. The van der Waals surface area contributed by atoms with Crippen LogP contribution in [0.15, 0.2) is 130 Å². The van der Waals surface area contributed by atoms with Crippen LogP contribution in [-0.2, 0) is 0 Å². The highest BCUT2D eigenvalue weighted by molar-refractivity contribution is 7.08. The number of allylic oxidation sites excluding steroid dienone is 1. The van der Waals surface area contributed by atoms with Crippen molar-refractivity contribution in [3.63, 3.8) is 0 Å². The first-order chi connectivity index (χ1) is 20.8. The van der Waals surface area contributed by atoms with E-state index >= 15 is 0 Å². The van der Waals surface area contributed by atoms with Crippen LogP contribution in [0.25, 0.3) is 28.7 Å². The molecule has 2 aromatic heterocycles. The van der Waals surface area contributed by atoms with Gasteiger partial charge >= 0.3 is 0 Å². The van der Waals surface area contributed by atoms with Crippen molar-refractivity contribution in [2.24, 2.45) is 0 Å². The van der Waals surface area contributed by atoms with Crippen LogP contribution >= 0.6 is 11.3 Å². The molecule has 0 N–H and O–H groups in total. The molecule has 4 nitrogen and oxygen atoms in total. The molecule has 6 aromatic rings. The van der Waals surface area contributed by atoms with E-state index < -0.39 is 6.10 Å². The second-order valence-electron chi connectivity index (χ2n) is 10.4. The topological polar surface area (TPSA) is 40.8 Å². The van der Waals surface area contributed by atoms with Crippen molar-refractivity contribution in [2.75, 3.05) is 6.79 Å². The molecule has 0 bridgehead atoms. The molecule has 0 radical (unpaired) electrons. The van der Waals surface area contributed by atoms with Gasteiger partial charge in [0.05, 0.1) is 0 Å². The van der Waals surface area contributed by atoms with Crippen LogP contribution in [0.3, 0.4) is 0 Å². The Bertz CT molecular complexity index is 1870. The molecular weight excluding hydrogens is 540 g/mol. The predicted molar refractivity (Wildman–Crippen MR) is 166 cm³/mol. The zero-order chi connectivity index (χ0) is 27.9. The van der Waals surface area contributed by atoms with E-state index in [1.165, 1.54) is 0 Å². The number of benzene rings is 4. The average molecular weight is 567 g/mol. The van der Waals surface area contributed by atoms with Gasteiger partial charge in [0.1, 0.15) is 17.3 Å². The second-order valence-corrected chi connectivity index (χ2v) is 11.1. The smallest absolute Gasteiger partial charge is 0.231 e. The third kappa shape index (κ3) is 4.30. The van der Waals surface area contributed by atoms with Gasteiger partial charge in [-0.3, -0.25) is 0 Å². The minimum Gasteiger partial charge on any atom is -0.480 e. The lowest BCUT2D eigenvalue weighted by atomic mass is 9.83. The SMILES string of the molecule is C(=C\[C@H]1c2cc3c(cc2O[C@H](c2ccccc2)c2c(-c4ccsc4)oc(-c4ccccc4)c21)OCO3)/c1ccccc1. The van der Waals surface area contributed by atoms with Gasteiger partial charge in [0, 0.05) is 45.2 Å². The minimum atomic E-state index is -0.411. The molecule has 0 amide bonds. The number of rotatable bonds is 5. The van der Waals surface area contributed by atoms with E-state index in [0.29, 0.717) is 5.75 Å². The van der Waals surface area contributed by atoms with Crippen molar-refractivity contribution >= 4 is 17.4 Å². The number of furan rings is 1. The molecule has 0 saturated heterocycles. The molecule has 204 valence electrons. The second kappa shape index (κ2) is 10.4. The quantitative estimate of drug-likeness (QED) is 0.208. The number of hydrogen-bond donors (Lipinski definition) is 0. The van der Waals surface area contributed by atoms with Crippen LogP contribution in [0.2, 0.25) is 0 Å². The Balaban J connectivity index is 1.46. The molecule has 8 rings (SSSR count). The van der Waals surface area contributed by atoms with Crippen molar-refractivity contribution in [3.05, 3.63) is 154 Å². The fourth-order valence-corrected chi connectivity index (χ4v) is 6.53. The van der Waals surface area contributed by atoms with E-state index in [2.05, 4.69) is 108 Å². The van der Waals surface area contributed by atoms with E-state index in [1.54, 1.807) is 11.3 Å². The molecule has 0 fully saturated rings. The van der Waals surface area contributed by atoms with Gasteiger partial charge in [0.2, 0.25) is 6.79 Å². The predicted octanol–water partition coefficient (Wildman–Crippen LogP) is 9.73. The highest BCUT2D eigenvalue weighted by Crippen LogP contribution is 2.54. The largest absolute Gasteiger partial charge is 0.480 e. The third-order valence-electron chi connectivity index (χ3n) is 7.84. The molecule has 4 heterocycles. The van der Waals surface area contributed by atoms with E-state index in [4.69, 9.17) is 18.6 Å². The standard InChI is InChI=1S/C37H26O4S/c1-4-10-24(11-5-1)16-17-28-29-20-31-32(39-23-38-31)21-30(29)40-36(26-14-8-3-9-15-26)34-33(28)35(25-12-6-2-7-13-25)41-37(34)27-18-19-42-22-27/h1-22,28,36H,23H2/b17-16+/t28-,36+/m0/s1. The number of hydrogen-bond acceptors (Lipinski definition) is 5. The van der Waals surface area contributed by atoms with Gasteiger partial charge < -0.3 is 18.6 Å². The molecule has 0 unspecified atom stereocenters. The third-order valence-corrected chi connectivity index (χ3v) is 8.53. The van der Waals surface area contributed by atoms with Crippen LogP contribution in [0.4, 0.5) is 0 Å². The first-order valence-corrected chi connectivity index (χ1v) is 14.9. The number of thiophene rings is 1. The van der Waals surface area contributed by atoms with E-state index in [0.717, 1.165) is 62.0 Å². The van der Waals surface area contributed by atoms with Crippen LogP contribution in [-0.4, -0.2) is 6.79 Å². The van der Waals surface area contributed by atoms with Crippen molar-refractivity contribution in [1.29, 1.82) is 0 Å². The van der Waals surface area contributed by atoms with E-state index in [-0.39, 0.29) is 12.7 Å². The van der Waals surface area contributed by atoms with Gasteiger partial charge in [-0.1, -0.05) is 103 Å². The summed E-state index contributed by atoms with van der Waals surface area (Å²) in [6, 6.07) is 37.3. The molecule has 4 aromatic carbocycles. The fourth-order valence-electron chi connectivity index (χ4n) is 5.90. The molecule has 0 spiro atoms. The van der Waals surface area contributed by atoms with E-state index in [9.17, 15) is 0 Å². The summed E-state index contributed by atoms with van der Waals surface area (Å²) in [6.07, 6.45) is 4.02. The van der Waals surface area contributed by atoms with Crippen LogP contribution in [0.5, 0.6) is 17.2 Å². The lowest BCUT2D eigenvalue weighted by Gasteiger charge is -2.20. The van der Waals surface area contributed by atoms with Gasteiger partial charge in [0.25, 0.3) is 0 Å². The first-order valence-electron chi connectivity index (χ1n) is 14.0. The Kier molecular flexibility index (Phi) is 6.16. The van der Waals surface area contributed by atoms with Gasteiger partial charge in [0.15, 0.2) is 17.6 Å². The Morgan fingerprint density at radius 3 is 2.10 bits per heavy atom. The van der Waals surface area contributed by atoms with Gasteiger partial charge in [-0.25, -0.2) is 0 Å². The first kappa shape index (κ1) is 24.8. The van der Waals surface area contributed by atoms with Crippen LogP contribution in [0, 0.1) is 0 Å². The molecule has 42 heavy (non-hydrogen) atoms. The summed E-state index contributed by atoms with van der Waals surface area (Å²) in [7, 11) is 0. The monoisotopic (exact) mass is 566 g/mol. The van der Waals surface area contributed by atoms with Gasteiger partial charge in [-0.05, 0) is 28.6 Å². The van der Waals surface area contributed by atoms with Crippen LogP contribution < -0.4 is 14.2 Å². The Labute approximate surface area is 248 Å². The highest BCUT2D eigenvalue weighted by atomic mass is 32.1. The summed E-state index contributed by atoms with van der Waals surface area (Å²) in [5.74, 6) is 3.65.